The fourth-order valence-corrected chi connectivity index (χ4v) is 1.56. The summed E-state index contributed by atoms with van der Waals surface area (Å²) >= 11 is 1.50. The van der Waals surface area contributed by atoms with Crippen LogP contribution in [0.2, 0.25) is 0 Å². The lowest BCUT2D eigenvalue weighted by Gasteiger charge is -2.03. The zero-order valence-corrected chi connectivity index (χ0v) is 6.86. The maximum Gasteiger partial charge on any atom is 0.160 e. The van der Waals surface area contributed by atoms with E-state index >= 15 is 0 Å². The number of hydrogen-bond donors (Lipinski definition) is 1. The Hall–Kier alpha value is -0.830. The molecule has 58 valence electrons. The fraction of sp³-hybridized carbons (Fsp3) is 0.250. The molecule has 0 fully saturated rings. The summed E-state index contributed by atoms with van der Waals surface area (Å²) in [7, 11) is 0. The van der Waals surface area contributed by atoms with Gasteiger partial charge in [-0.1, -0.05) is 12.1 Å². The van der Waals surface area contributed by atoms with E-state index < -0.39 is 0 Å². The maximum absolute atomic E-state index is 5.40. The van der Waals surface area contributed by atoms with Crippen LogP contribution in [0.3, 0.4) is 0 Å². The first-order chi connectivity index (χ1) is 5.47. The van der Waals surface area contributed by atoms with Crippen LogP contribution < -0.4 is 9.50 Å². The zero-order valence-electron chi connectivity index (χ0n) is 6.04. The Labute approximate surface area is 70.2 Å². The van der Waals surface area contributed by atoms with Crippen LogP contribution >= 0.6 is 12.0 Å². The molecule has 11 heavy (non-hydrogen) atoms. The van der Waals surface area contributed by atoms with Gasteiger partial charge in [0, 0.05) is 12.3 Å². The van der Waals surface area contributed by atoms with Gasteiger partial charge in [-0.3, -0.25) is 0 Å². The first kappa shape index (κ1) is 6.85. The molecular weight excluding hydrogens is 158 g/mol. The van der Waals surface area contributed by atoms with Gasteiger partial charge in [0.1, 0.15) is 0 Å². The highest BCUT2D eigenvalue weighted by Gasteiger charge is 2.06. The molecule has 0 aromatic heterocycles. The molecule has 1 aliphatic heterocycles. The van der Waals surface area contributed by atoms with Gasteiger partial charge in [-0.25, -0.2) is 0 Å². The van der Waals surface area contributed by atoms with Gasteiger partial charge >= 0.3 is 0 Å². The first-order valence-corrected chi connectivity index (χ1v) is 4.50. The summed E-state index contributed by atoms with van der Waals surface area (Å²) in [4.78, 5) is 0. The second kappa shape index (κ2) is 3.05. The molecule has 0 saturated carbocycles. The third-order valence-electron chi connectivity index (χ3n) is 1.54. The van der Waals surface area contributed by atoms with Crippen LogP contribution in [0.25, 0.3) is 0 Å². The van der Waals surface area contributed by atoms with Gasteiger partial charge < -0.3 is 9.50 Å². The zero-order chi connectivity index (χ0) is 7.52. The molecule has 0 atom stereocenters. The summed E-state index contributed by atoms with van der Waals surface area (Å²) in [6.45, 7) is 0.974. The van der Waals surface area contributed by atoms with Crippen LogP contribution in [0.5, 0.6) is 5.75 Å². The van der Waals surface area contributed by atoms with Crippen molar-refractivity contribution in [3.05, 3.63) is 24.3 Å². The third-order valence-corrected chi connectivity index (χ3v) is 2.20. The standard InChI is InChI=1S/C8H9NOS/c1-2-4-8-7(3-1)9-5-6-11-10-8/h1-4,9H,5-6H2. The first-order valence-electron chi connectivity index (χ1n) is 3.59. The lowest BCUT2D eigenvalue weighted by molar-refractivity contribution is 0.653. The molecule has 2 nitrogen and oxygen atoms in total. The molecule has 0 unspecified atom stereocenters. The predicted molar refractivity (Wildman–Crippen MR) is 48.0 cm³/mol. The van der Waals surface area contributed by atoms with Crippen molar-refractivity contribution >= 4 is 17.7 Å². The van der Waals surface area contributed by atoms with E-state index in [0.29, 0.717) is 0 Å². The average Bonchev–Trinajstić information content (AvgIpc) is 2.28. The molecule has 1 N–H and O–H groups in total. The Balaban J connectivity index is 2.33. The number of para-hydroxylation sites is 2. The largest absolute Gasteiger partial charge is 0.424 e. The minimum Gasteiger partial charge on any atom is -0.424 e. The molecule has 0 saturated heterocycles. The van der Waals surface area contributed by atoms with Gasteiger partial charge in [-0.05, 0) is 12.1 Å². The lowest BCUT2D eigenvalue weighted by atomic mass is 10.3. The van der Waals surface area contributed by atoms with Crippen LogP contribution in [0.1, 0.15) is 0 Å². The molecule has 0 radical (unpaired) electrons. The van der Waals surface area contributed by atoms with E-state index in [4.69, 9.17) is 4.18 Å². The smallest absolute Gasteiger partial charge is 0.160 e. The Bertz CT molecular complexity index is 227. The number of rotatable bonds is 0. The van der Waals surface area contributed by atoms with E-state index in [2.05, 4.69) is 5.32 Å². The second-order valence-electron chi connectivity index (χ2n) is 2.33. The SMILES string of the molecule is c1ccc2c(c1)NCCSO2. The Morgan fingerprint density at radius 3 is 3.27 bits per heavy atom. The molecular formula is C8H9NOS. The van der Waals surface area contributed by atoms with Crippen LogP contribution in [-0.4, -0.2) is 12.3 Å². The van der Waals surface area contributed by atoms with Crippen molar-refractivity contribution < 1.29 is 4.18 Å². The van der Waals surface area contributed by atoms with Gasteiger partial charge in [-0.15, -0.1) is 0 Å². The van der Waals surface area contributed by atoms with Gasteiger partial charge in [-0.2, -0.15) is 0 Å². The quantitative estimate of drug-likeness (QED) is 0.598. The number of anilines is 1. The highest BCUT2D eigenvalue weighted by Crippen LogP contribution is 2.28. The van der Waals surface area contributed by atoms with Crippen molar-refractivity contribution in [2.24, 2.45) is 0 Å². The number of benzene rings is 1. The number of fused-ring (bicyclic) bond motifs is 1. The summed E-state index contributed by atoms with van der Waals surface area (Å²) in [6.07, 6.45) is 0. The maximum atomic E-state index is 5.40. The van der Waals surface area contributed by atoms with E-state index in [0.717, 1.165) is 23.7 Å². The average molecular weight is 167 g/mol. The molecule has 1 aromatic rings. The minimum absolute atomic E-state index is 0.940. The number of hydrogen-bond acceptors (Lipinski definition) is 3. The van der Waals surface area contributed by atoms with Gasteiger partial charge in [0.2, 0.25) is 0 Å². The van der Waals surface area contributed by atoms with Crippen LogP contribution in [-0.2, 0) is 0 Å². The molecule has 0 amide bonds. The summed E-state index contributed by atoms with van der Waals surface area (Å²) < 4.78 is 5.40. The van der Waals surface area contributed by atoms with E-state index in [1.54, 1.807) is 0 Å². The van der Waals surface area contributed by atoms with E-state index in [1.807, 2.05) is 24.3 Å². The monoisotopic (exact) mass is 167 g/mol. The van der Waals surface area contributed by atoms with Gasteiger partial charge in [0.15, 0.2) is 5.75 Å². The van der Waals surface area contributed by atoms with Crippen molar-refractivity contribution in [2.45, 2.75) is 0 Å². The van der Waals surface area contributed by atoms with Gasteiger partial charge in [0.25, 0.3) is 0 Å². The van der Waals surface area contributed by atoms with Crippen molar-refractivity contribution in [2.75, 3.05) is 17.6 Å². The van der Waals surface area contributed by atoms with E-state index in [1.165, 1.54) is 12.0 Å². The Morgan fingerprint density at radius 1 is 1.36 bits per heavy atom. The summed E-state index contributed by atoms with van der Waals surface area (Å²) in [5.74, 6) is 1.93. The third kappa shape index (κ3) is 1.43. The summed E-state index contributed by atoms with van der Waals surface area (Å²) in [5.41, 5.74) is 1.09. The van der Waals surface area contributed by atoms with Crippen molar-refractivity contribution in [3.8, 4) is 5.75 Å². The van der Waals surface area contributed by atoms with Crippen LogP contribution in [0.4, 0.5) is 5.69 Å². The molecule has 2 rings (SSSR count). The van der Waals surface area contributed by atoms with Crippen molar-refractivity contribution in [3.63, 3.8) is 0 Å². The topological polar surface area (TPSA) is 21.3 Å². The molecule has 1 aliphatic rings. The summed E-state index contributed by atoms with van der Waals surface area (Å²) in [6, 6.07) is 7.99. The van der Waals surface area contributed by atoms with Crippen LogP contribution in [0, 0.1) is 0 Å². The van der Waals surface area contributed by atoms with Crippen LogP contribution in [0.15, 0.2) is 24.3 Å². The Kier molecular flexibility index (Phi) is 1.90. The predicted octanol–water partition coefficient (Wildman–Crippen LogP) is 2.14. The molecule has 1 heterocycles. The van der Waals surface area contributed by atoms with Crippen molar-refractivity contribution in [1.29, 1.82) is 0 Å². The normalized spacial score (nSPS) is 15.6. The van der Waals surface area contributed by atoms with Crippen molar-refractivity contribution in [1.82, 2.24) is 0 Å². The Morgan fingerprint density at radius 2 is 2.27 bits per heavy atom. The molecule has 0 aliphatic carbocycles. The van der Waals surface area contributed by atoms with Gasteiger partial charge in [0.05, 0.1) is 17.7 Å². The molecule has 3 heteroatoms. The minimum atomic E-state index is 0.940. The fourth-order valence-electron chi connectivity index (χ4n) is 1.02. The highest BCUT2D eigenvalue weighted by molar-refractivity contribution is 7.95. The van der Waals surface area contributed by atoms with E-state index in [9.17, 15) is 0 Å². The summed E-state index contributed by atoms with van der Waals surface area (Å²) in [5, 5.41) is 3.28. The second-order valence-corrected chi connectivity index (χ2v) is 3.14. The molecule has 0 bridgehead atoms. The highest BCUT2D eigenvalue weighted by atomic mass is 32.2. The number of nitrogens with one attached hydrogen (secondary N) is 1. The lowest BCUT2D eigenvalue weighted by Crippen LogP contribution is -2.00. The molecule has 1 aromatic carbocycles. The van der Waals surface area contributed by atoms with E-state index in [-0.39, 0.29) is 0 Å². The molecule has 0 spiro atoms.